The molecule has 0 saturated carbocycles. The molecule has 2 aromatic heterocycles. The number of fused-ring (bicyclic) bond motifs is 1. The maximum absolute atomic E-state index is 14.9. The van der Waals surface area contributed by atoms with E-state index in [9.17, 15) is 14.8 Å². The molecule has 4 aromatic rings. The molecule has 3 heterocycles. The molecular weight excluding hydrogens is 443 g/mol. The number of anilines is 1. The van der Waals surface area contributed by atoms with Crippen molar-refractivity contribution in [2.24, 2.45) is 0 Å². The van der Waals surface area contributed by atoms with Crippen molar-refractivity contribution in [2.75, 3.05) is 32.1 Å². The number of aliphatic hydroxyl groups excluding tert-OH is 1. The molecule has 7 nitrogen and oxygen atoms in total. The van der Waals surface area contributed by atoms with Crippen LogP contribution in [0.2, 0.25) is 0 Å². The Hall–Kier alpha value is -3.80. The molecule has 0 radical (unpaired) electrons. The molecule has 1 N–H and O–H groups in total. The Labute approximate surface area is 203 Å². The Morgan fingerprint density at radius 1 is 1.20 bits per heavy atom. The third kappa shape index (κ3) is 4.03. The van der Waals surface area contributed by atoms with E-state index in [0.717, 1.165) is 31.0 Å². The highest BCUT2D eigenvalue weighted by Gasteiger charge is 2.29. The molecule has 1 aliphatic rings. The fourth-order valence-corrected chi connectivity index (χ4v) is 4.83. The maximum atomic E-state index is 14.9. The molecule has 5 rings (SSSR count). The van der Waals surface area contributed by atoms with Gasteiger partial charge in [-0.05, 0) is 56.8 Å². The van der Waals surface area contributed by atoms with E-state index < -0.39 is 5.82 Å². The van der Waals surface area contributed by atoms with Crippen LogP contribution in [0.25, 0.3) is 28.0 Å². The normalized spacial score (nSPS) is 15.8. The molecule has 0 amide bonds. The lowest BCUT2D eigenvalue weighted by atomic mass is 9.96. The van der Waals surface area contributed by atoms with E-state index in [1.807, 2.05) is 28.8 Å². The molecule has 1 fully saturated rings. The van der Waals surface area contributed by atoms with Crippen molar-refractivity contribution in [3.05, 3.63) is 71.3 Å². The summed E-state index contributed by atoms with van der Waals surface area (Å²) < 4.78 is 16.9. The van der Waals surface area contributed by atoms with Gasteiger partial charge in [0, 0.05) is 42.7 Å². The van der Waals surface area contributed by atoms with Crippen LogP contribution >= 0.6 is 0 Å². The zero-order valence-electron chi connectivity index (χ0n) is 20.0. The first kappa shape index (κ1) is 23.0. The second-order valence-electron chi connectivity index (χ2n) is 9.21. The van der Waals surface area contributed by atoms with Gasteiger partial charge in [-0.1, -0.05) is 18.2 Å². The summed E-state index contributed by atoms with van der Waals surface area (Å²) in [6, 6.07) is 13.1. The molecule has 0 spiro atoms. The Morgan fingerprint density at radius 2 is 1.97 bits per heavy atom. The van der Waals surface area contributed by atoms with Gasteiger partial charge < -0.3 is 14.9 Å². The predicted octanol–water partition coefficient (Wildman–Crippen LogP) is 4.02. The molecule has 0 aliphatic carbocycles. The van der Waals surface area contributed by atoms with E-state index in [1.54, 1.807) is 25.3 Å². The summed E-state index contributed by atoms with van der Waals surface area (Å²) in [5, 5.41) is 18.9. The van der Waals surface area contributed by atoms with Crippen molar-refractivity contribution < 1.29 is 9.50 Å². The highest BCUT2D eigenvalue weighted by Crippen LogP contribution is 2.38. The highest BCUT2D eigenvalue weighted by molar-refractivity contribution is 5.91. The number of likely N-dealkylation sites (N-methyl/N-ethyl adjacent to an activating group) is 1. The van der Waals surface area contributed by atoms with E-state index in [0.29, 0.717) is 39.6 Å². The van der Waals surface area contributed by atoms with Crippen LogP contribution in [-0.2, 0) is 6.61 Å². The van der Waals surface area contributed by atoms with Gasteiger partial charge in [-0.2, -0.15) is 5.26 Å². The maximum Gasteiger partial charge on any atom is 0.212 e. The molecular formula is C27H27FN6O. The molecule has 1 saturated heterocycles. The van der Waals surface area contributed by atoms with E-state index in [2.05, 4.69) is 34.9 Å². The standard InChI is InChI=1S/C27H27FN6O/c1-17-12-20(13-23(28)22(17)16-35)24-25(19-6-4-18(14-29)5-7-19)31-27(34-11-9-30-26(24)34)33-10-8-21(15-33)32(2)3/h4-7,9,11-13,21,35H,8,10,15-16H2,1-3H3/t21-/m1/s1. The summed E-state index contributed by atoms with van der Waals surface area (Å²) in [4.78, 5) is 14.3. The topological polar surface area (TPSA) is 80.7 Å². The van der Waals surface area contributed by atoms with Crippen LogP contribution < -0.4 is 4.90 Å². The van der Waals surface area contributed by atoms with Gasteiger partial charge in [-0.15, -0.1) is 0 Å². The summed E-state index contributed by atoms with van der Waals surface area (Å²) >= 11 is 0. The molecule has 178 valence electrons. The monoisotopic (exact) mass is 470 g/mol. The number of hydrogen-bond acceptors (Lipinski definition) is 6. The lowest BCUT2D eigenvalue weighted by Gasteiger charge is -2.23. The highest BCUT2D eigenvalue weighted by atomic mass is 19.1. The van der Waals surface area contributed by atoms with Gasteiger partial charge in [-0.25, -0.2) is 14.4 Å². The zero-order valence-corrected chi connectivity index (χ0v) is 20.0. The molecule has 2 aromatic carbocycles. The molecule has 1 atom stereocenters. The quantitative estimate of drug-likeness (QED) is 0.475. The first-order chi connectivity index (χ1) is 16.9. The lowest BCUT2D eigenvalue weighted by Crippen LogP contribution is -2.32. The van der Waals surface area contributed by atoms with Crippen molar-refractivity contribution in [3.8, 4) is 28.5 Å². The fraction of sp³-hybridized carbons (Fsp3) is 0.296. The van der Waals surface area contributed by atoms with Gasteiger partial charge in [0.2, 0.25) is 5.95 Å². The van der Waals surface area contributed by atoms with Crippen molar-refractivity contribution in [1.29, 1.82) is 5.26 Å². The van der Waals surface area contributed by atoms with E-state index in [1.165, 1.54) is 6.07 Å². The van der Waals surface area contributed by atoms with Gasteiger partial charge in [0.25, 0.3) is 0 Å². The van der Waals surface area contributed by atoms with Gasteiger partial charge in [-0.3, -0.25) is 4.40 Å². The Bertz CT molecular complexity index is 1410. The first-order valence-corrected chi connectivity index (χ1v) is 11.6. The molecule has 0 unspecified atom stereocenters. The Kier molecular flexibility index (Phi) is 5.97. The largest absolute Gasteiger partial charge is 0.392 e. The average Bonchev–Trinajstić information content (AvgIpc) is 3.53. The van der Waals surface area contributed by atoms with E-state index in [4.69, 9.17) is 4.98 Å². The van der Waals surface area contributed by atoms with Crippen molar-refractivity contribution in [1.82, 2.24) is 19.3 Å². The predicted molar refractivity (Wildman–Crippen MR) is 133 cm³/mol. The number of aliphatic hydroxyl groups is 1. The van der Waals surface area contributed by atoms with Gasteiger partial charge >= 0.3 is 0 Å². The Balaban J connectivity index is 1.76. The smallest absolute Gasteiger partial charge is 0.212 e. The van der Waals surface area contributed by atoms with Gasteiger partial charge in [0.1, 0.15) is 11.5 Å². The zero-order chi connectivity index (χ0) is 24.7. The fourth-order valence-electron chi connectivity index (χ4n) is 4.83. The molecule has 1 aliphatic heterocycles. The average molecular weight is 471 g/mol. The van der Waals surface area contributed by atoms with Crippen LogP contribution in [0.1, 0.15) is 23.1 Å². The second-order valence-corrected chi connectivity index (χ2v) is 9.21. The van der Waals surface area contributed by atoms with Crippen molar-refractivity contribution in [3.63, 3.8) is 0 Å². The molecule has 0 bridgehead atoms. The first-order valence-electron chi connectivity index (χ1n) is 11.6. The van der Waals surface area contributed by atoms with Crippen LogP contribution in [-0.4, -0.2) is 57.6 Å². The summed E-state index contributed by atoms with van der Waals surface area (Å²) in [7, 11) is 4.18. The number of imidazole rings is 1. The van der Waals surface area contributed by atoms with E-state index in [-0.39, 0.29) is 12.2 Å². The molecule has 35 heavy (non-hydrogen) atoms. The lowest BCUT2D eigenvalue weighted by molar-refractivity contribution is 0.275. The number of halogens is 1. The Morgan fingerprint density at radius 3 is 2.60 bits per heavy atom. The van der Waals surface area contributed by atoms with Gasteiger partial charge in [0.05, 0.1) is 29.5 Å². The summed E-state index contributed by atoms with van der Waals surface area (Å²) in [6.45, 7) is 3.14. The van der Waals surface area contributed by atoms with Crippen LogP contribution in [0.4, 0.5) is 10.3 Å². The number of nitrogens with zero attached hydrogens (tertiary/aromatic N) is 6. The number of aryl methyl sites for hydroxylation is 1. The minimum Gasteiger partial charge on any atom is -0.392 e. The third-order valence-corrected chi connectivity index (χ3v) is 6.86. The molecule has 8 heteroatoms. The third-order valence-electron chi connectivity index (χ3n) is 6.86. The van der Waals surface area contributed by atoms with Crippen molar-refractivity contribution >= 4 is 11.6 Å². The summed E-state index contributed by atoms with van der Waals surface area (Å²) in [6.07, 6.45) is 4.65. The second kappa shape index (κ2) is 9.10. The van der Waals surface area contributed by atoms with Crippen LogP contribution in [0.3, 0.4) is 0 Å². The minimum atomic E-state index is -0.463. The minimum absolute atomic E-state index is 0.282. The van der Waals surface area contributed by atoms with Crippen molar-refractivity contribution in [2.45, 2.75) is 26.0 Å². The summed E-state index contributed by atoms with van der Waals surface area (Å²) in [5.74, 6) is 0.324. The summed E-state index contributed by atoms with van der Waals surface area (Å²) in [5.41, 5.74) is 5.01. The van der Waals surface area contributed by atoms with Gasteiger partial charge in [0.15, 0.2) is 0 Å². The number of benzene rings is 2. The SMILES string of the molecule is Cc1cc(-c2c(-c3ccc(C#N)cc3)nc(N3CC[C@@H](N(C)C)C3)n3ccnc23)cc(F)c1CO. The number of rotatable bonds is 5. The van der Waals surface area contributed by atoms with E-state index >= 15 is 0 Å². The number of aromatic nitrogens is 3. The number of nitriles is 1. The number of hydrogen-bond donors (Lipinski definition) is 1. The van der Waals surface area contributed by atoms with Crippen LogP contribution in [0.5, 0.6) is 0 Å². The van der Waals surface area contributed by atoms with Crippen LogP contribution in [0, 0.1) is 24.1 Å². The van der Waals surface area contributed by atoms with Crippen LogP contribution in [0.15, 0.2) is 48.8 Å².